The summed E-state index contributed by atoms with van der Waals surface area (Å²) < 4.78 is 0. The molecule has 2 heteroatoms. The van der Waals surface area contributed by atoms with Crippen molar-refractivity contribution >= 4 is 34.5 Å². The van der Waals surface area contributed by atoms with Crippen molar-refractivity contribution in [2.75, 3.05) is 0 Å². The van der Waals surface area contributed by atoms with Crippen LogP contribution in [0.25, 0.3) is 22.9 Å². The van der Waals surface area contributed by atoms with Crippen LogP contribution in [0.5, 0.6) is 0 Å². The van der Waals surface area contributed by atoms with Gasteiger partial charge in [0.1, 0.15) is 0 Å². The third-order valence-corrected chi connectivity index (χ3v) is 7.27. The molecule has 5 rings (SSSR count). The fourth-order valence-corrected chi connectivity index (χ4v) is 5.02. The van der Waals surface area contributed by atoms with Gasteiger partial charge in [-0.05, 0) is 70.1 Å². The number of halogens is 1. The summed E-state index contributed by atoms with van der Waals surface area (Å²) in [7, 11) is 0. The quantitative estimate of drug-likeness (QED) is 0.198. The van der Waals surface area contributed by atoms with Gasteiger partial charge >= 0.3 is 0 Å². The number of benzene rings is 5. The Morgan fingerprint density at radius 2 is 1.35 bits per heavy atom. The van der Waals surface area contributed by atoms with Crippen molar-refractivity contribution < 1.29 is 0 Å². The van der Waals surface area contributed by atoms with E-state index in [1.165, 1.54) is 38.6 Å². The van der Waals surface area contributed by atoms with Gasteiger partial charge in [-0.3, -0.25) is 0 Å². The second kappa shape index (κ2) is 12.1. The molecule has 0 aliphatic heterocycles. The fraction of sp³-hybridized carbons (Fsp3) is 0.143. The van der Waals surface area contributed by atoms with Crippen LogP contribution >= 0.6 is 11.6 Å². The molecule has 5 aromatic rings. The SMILES string of the molecule is CC(NCc1ccc2ccccc2c1)C(Cc1cccc(C=Cc2ccccc2)c1)c1ccc(Cl)cc1. The van der Waals surface area contributed by atoms with Gasteiger partial charge in [0.2, 0.25) is 0 Å². The van der Waals surface area contributed by atoms with Gasteiger partial charge in [0, 0.05) is 23.5 Å². The van der Waals surface area contributed by atoms with Crippen molar-refractivity contribution in [3.05, 3.63) is 154 Å². The Morgan fingerprint density at radius 3 is 2.16 bits per heavy atom. The molecule has 2 atom stereocenters. The lowest BCUT2D eigenvalue weighted by atomic mass is 9.86. The van der Waals surface area contributed by atoms with E-state index in [-0.39, 0.29) is 6.04 Å². The molecule has 0 amide bonds. The predicted molar refractivity (Wildman–Crippen MR) is 160 cm³/mol. The standard InChI is InChI=1S/C35H32ClN/c1-26(37-25-30-16-17-31-12-5-6-13-33(31)23-30)35(32-18-20-34(36)21-19-32)24-29-11-7-10-28(22-29)15-14-27-8-3-2-4-9-27/h2-23,26,35,37H,24-25H2,1H3. The highest BCUT2D eigenvalue weighted by Gasteiger charge is 2.20. The van der Waals surface area contributed by atoms with Crippen LogP contribution < -0.4 is 5.32 Å². The molecule has 0 fully saturated rings. The maximum absolute atomic E-state index is 6.23. The van der Waals surface area contributed by atoms with E-state index in [0.29, 0.717) is 5.92 Å². The predicted octanol–water partition coefficient (Wildman–Crippen LogP) is 9.17. The first-order chi connectivity index (χ1) is 18.1. The van der Waals surface area contributed by atoms with Crippen LogP contribution in [0.2, 0.25) is 5.02 Å². The monoisotopic (exact) mass is 501 g/mol. The molecule has 184 valence electrons. The highest BCUT2D eigenvalue weighted by Crippen LogP contribution is 2.27. The zero-order valence-electron chi connectivity index (χ0n) is 21.1. The zero-order chi connectivity index (χ0) is 25.5. The molecule has 0 heterocycles. The third-order valence-electron chi connectivity index (χ3n) is 7.02. The Labute approximate surface area is 225 Å². The second-order valence-electron chi connectivity index (χ2n) is 9.70. The van der Waals surface area contributed by atoms with E-state index in [1.54, 1.807) is 0 Å². The maximum atomic E-state index is 6.23. The van der Waals surface area contributed by atoms with Crippen LogP contribution in [0.3, 0.4) is 0 Å². The van der Waals surface area contributed by atoms with Gasteiger partial charge < -0.3 is 5.32 Å². The summed E-state index contributed by atoms with van der Waals surface area (Å²) in [5.74, 6) is 0.311. The summed E-state index contributed by atoms with van der Waals surface area (Å²) in [5, 5.41) is 7.14. The number of hydrogen-bond donors (Lipinski definition) is 1. The van der Waals surface area contributed by atoms with Gasteiger partial charge in [-0.1, -0.05) is 127 Å². The molecule has 2 unspecified atom stereocenters. The number of nitrogens with one attached hydrogen (secondary N) is 1. The van der Waals surface area contributed by atoms with Crippen molar-refractivity contribution in [1.82, 2.24) is 5.32 Å². The van der Waals surface area contributed by atoms with Gasteiger partial charge in [0.25, 0.3) is 0 Å². The molecule has 0 aliphatic rings. The summed E-state index contributed by atoms with van der Waals surface area (Å²) in [5.41, 5.74) is 6.35. The minimum atomic E-state index is 0.274. The van der Waals surface area contributed by atoms with Crippen LogP contribution in [-0.4, -0.2) is 6.04 Å². The smallest absolute Gasteiger partial charge is 0.0406 e. The topological polar surface area (TPSA) is 12.0 Å². The summed E-state index contributed by atoms with van der Waals surface area (Å²) in [6.45, 7) is 3.12. The van der Waals surface area contributed by atoms with Crippen LogP contribution in [0, 0.1) is 0 Å². The van der Waals surface area contributed by atoms with Crippen LogP contribution in [-0.2, 0) is 13.0 Å². The van der Waals surface area contributed by atoms with E-state index in [2.05, 4.69) is 128 Å². The first-order valence-electron chi connectivity index (χ1n) is 12.9. The molecule has 0 saturated carbocycles. The summed E-state index contributed by atoms with van der Waals surface area (Å²) in [6, 6.07) is 43.2. The number of fused-ring (bicyclic) bond motifs is 1. The average molecular weight is 502 g/mol. The van der Waals surface area contributed by atoms with E-state index < -0.39 is 0 Å². The van der Waals surface area contributed by atoms with Crippen molar-refractivity contribution in [2.45, 2.75) is 31.8 Å². The lowest BCUT2D eigenvalue weighted by molar-refractivity contribution is 0.455. The van der Waals surface area contributed by atoms with E-state index in [1.807, 2.05) is 18.2 Å². The van der Waals surface area contributed by atoms with Gasteiger partial charge in [-0.25, -0.2) is 0 Å². The molecule has 5 aromatic carbocycles. The molecular formula is C35H32ClN. The number of rotatable bonds is 9. The first-order valence-corrected chi connectivity index (χ1v) is 13.3. The molecule has 1 N–H and O–H groups in total. The molecule has 0 bridgehead atoms. The summed E-state index contributed by atoms with van der Waals surface area (Å²) >= 11 is 6.23. The molecule has 0 spiro atoms. The van der Waals surface area contributed by atoms with E-state index in [4.69, 9.17) is 11.6 Å². The Hall–Kier alpha value is -3.65. The zero-order valence-corrected chi connectivity index (χ0v) is 21.9. The van der Waals surface area contributed by atoms with Crippen LogP contribution in [0.15, 0.2) is 121 Å². The molecular weight excluding hydrogens is 470 g/mol. The minimum Gasteiger partial charge on any atom is -0.310 e. The van der Waals surface area contributed by atoms with Crippen molar-refractivity contribution in [3.63, 3.8) is 0 Å². The summed E-state index contributed by atoms with van der Waals surface area (Å²) in [6.07, 6.45) is 5.31. The highest BCUT2D eigenvalue weighted by atomic mass is 35.5. The largest absolute Gasteiger partial charge is 0.310 e. The van der Waals surface area contributed by atoms with Crippen molar-refractivity contribution in [1.29, 1.82) is 0 Å². The molecule has 0 aromatic heterocycles. The first kappa shape index (κ1) is 25.0. The number of hydrogen-bond acceptors (Lipinski definition) is 1. The molecule has 0 radical (unpaired) electrons. The maximum Gasteiger partial charge on any atom is 0.0406 e. The van der Waals surface area contributed by atoms with Crippen molar-refractivity contribution in [3.8, 4) is 0 Å². The normalized spacial score (nSPS) is 13.1. The van der Waals surface area contributed by atoms with Gasteiger partial charge in [-0.15, -0.1) is 0 Å². The Bertz CT molecular complexity index is 1470. The van der Waals surface area contributed by atoms with Gasteiger partial charge in [-0.2, -0.15) is 0 Å². The molecule has 1 nitrogen and oxygen atoms in total. The molecule has 0 saturated heterocycles. The molecule has 37 heavy (non-hydrogen) atoms. The van der Waals surface area contributed by atoms with E-state index in [9.17, 15) is 0 Å². The Kier molecular flexibility index (Phi) is 8.15. The lowest BCUT2D eigenvalue weighted by Crippen LogP contribution is -2.33. The summed E-state index contributed by atoms with van der Waals surface area (Å²) in [4.78, 5) is 0. The van der Waals surface area contributed by atoms with Crippen LogP contribution in [0.4, 0.5) is 0 Å². The van der Waals surface area contributed by atoms with Crippen LogP contribution in [0.1, 0.15) is 40.7 Å². The fourth-order valence-electron chi connectivity index (χ4n) is 4.90. The Balaban J connectivity index is 1.34. The van der Waals surface area contributed by atoms with E-state index >= 15 is 0 Å². The average Bonchev–Trinajstić information content (AvgIpc) is 2.95. The van der Waals surface area contributed by atoms with Crippen molar-refractivity contribution in [2.24, 2.45) is 0 Å². The Morgan fingerprint density at radius 1 is 0.649 bits per heavy atom. The van der Waals surface area contributed by atoms with E-state index in [0.717, 1.165) is 18.0 Å². The van der Waals surface area contributed by atoms with Gasteiger partial charge in [0.15, 0.2) is 0 Å². The third kappa shape index (κ3) is 6.77. The molecule has 0 aliphatic carbocycles. The minimum absolute atomic E-state index is 0.274. The highest BCUT2D eigenvalue weighted by molar-refractivity contribution is 6.30. The van der Waals surface area contributed by atoms with Gasteiger partial charge in [0.05, 0.1) is 0 Å². The lowest BCUT2D eigenvalue weighted by Gasteiger charge is -2.26. The second-order valence-corrected chi connectivity index (χ2v) is 10.1.